The maximum atomic E-state index is 13.2. The van der Waals surface area contributed by atoms with Crippen LogP contribution in [0.4, 0.5) is 11.4 Å². The van der Waals surface area contributed by atoms with Crippen molar-refractivity contribution in [3.63, 3.8) is 0 Å². The normalized spacial score (nSPS) is 16.1. The van der Waals surface area contributed by atoms with Crippen molar-refractivity contribution in [1.29, 1.82) is 0 Å². The molecule has 0 fully saturated rings. The minimum absolute atomic E-state index is 0.0651. The van der Waals surface area contributed by atoms with Gasteiger partial charge >= 0.3 is 0 Å². The van der Waals surface area contributed by atoms with Crippen molar-refractivity contribution >= 4 is 33.1 Å². The Morgan fingerprint density at radius 1 is 1.12 bits per heavy atom. The number of hydrogen-bond acceptors (Lipinski definition) is 5. The lowest BCUT2D eigenvalue weighted by atomic mass is 10.0. The lowest BCUT2D eigenvalue weighted by Crippen LogP contribution is -2.37. The molecule has 7 nitrogen and oxygen atoms in total. The third kappa shape index (κ3) is 2.53. The minimum Gasteiger partial charge on any atom is -0.497 e. The molecule has 2 aliphatic rings. The molecule has 2 aromatic carbocycles. The fourth-order valence-corrected chi connectivity index (χ4v) is 4.81. The van der Waals surface area contributed by atoms with Crippen molar-refractivity contribution in [3.8, 4) is 5.75 Å². The number of sulfonamides is 1. The predicted molar refractivity (Wildman–Crippen MR) is 95.2 cm³/mol. The monoisotopic (exact) mass is 372 g/mol. The Hall–Kier alpha value is -2.87. The highest BCUT2D eigenvalue weighted by Gasteiger charge is 2.33. The third-order valence-electron chi connectivity index (χ3n) is 4.61. The van der Waals surface area contributed by atoms with E-state index in [1.54, 1.807) is 24.3 Å². The zero-order valence-electron chi connectivity index (χ0n) is 14.0. The maximum absolute atomic E-state index is 13.2. The number of carbonyl (C=O) groups excluding carboxylic acids is 2. The molecule has 26 heavy (non-hydrogen) atoms. The minimum atomic E-state index is -3.88. The molecule has 0 bridgehead atoms. The SMILES string of the molecule is COc1ccc2c(c1)N(S(=O)(=O)c1ccc3c(c1)CC(=O)N3)CCC2=O. The van der Waals surface area contributed by atoms with Crippen LogP contribution in [0.15, 0.2) is 41.3 Å². The van der Waals surface area contributed by atoms with Gasteiger partial charge in [0.25, 0.3) is 10.0 Å². The van der Waals surface area contributed by atoms with E-state index in [0.29, 0.717) is 28.3 Å². The number of nitrogens with one attached hydrogen (secondary N) is 1. The number of amides is 1. The number of ether oxygens (including phenoxy) is 1. The van der Waals surface area contributed by atoms with Gasteiger partial charge in [0.15, 0.2) is 5.78 Å². The Balaban J connectivity index is 1.81. The van der Waals surface area contributed by atoms with E-state index in [4.69, 9.17) is 4.74 Å². The van der Waals surface area contributed by atoms with Crippen LogP contribution in [0, 0.1) is 0 Å². The molecule has 0 saturated carbocycles. The summed E-state index contributed by atoms with van der Waals surface area (Å²) in [7, 11) is -2.39. The van der Waals surface area contributed by atoms with Crippen LogP contribution >= 0.6 is 0 Å². The zero-order chi connectivity index (χ0) is 18.5. The lowest BCUT2D eigenvalue weighted by molar-refractivity contribution is -0.115. The molecule has 1 amide bonds. The number of ketones is 1. The lowest BCUT2D eigenvalue weighted by Gasteiger charge is -2.30. The van der Waals surface area contributed by atoms with Crippen molar-refractivity contribution in [2.75, 3.05) is 23.3 Å². The van der Waals surface area contributed by atoms with E-state index >= 15 is 0 Å². The molecule has 2 aromatic rings. The Kier molecular flexibility index (Phi) is 3.73. The van der Waals surface area contributed by atoms with E-state index in [1.165, 1.54) is 23.5 Å². The van der Waals surface area contributed by atoms with E-state index in [-0.39, 0.29) is 36.0 Å². The van der Waals surface area contributed by atoms with Crippen molar-refractivity contribution in [1.82, 2.24) is 0 Å². The third-order valence-corrected chi connectivity index (χ3v) is 6.41. The molecule has 0 saturated heterocycles. The van der Waals surface area contributed by atoms with Crippen molar-refractivity contribution < 1.29 is 22.7 Å². The molecule has 0 aromatic heterocycles. The Labute approximate surface area is 150 Å². The van der Waals surface area contributed by atoms with Gasteiger partial charge in [0.1, 0.15) is 5.75 Å². The number of hydrogen-bond donors (Lipinski definition) is 1. The molecular weight excluding hydrogens is 356 g/mol. The number of nitrogens with zero attached hydrogens (tertiary/aromatic N) is 1. The summed E-state index contributed by atoms with van der Waals surface area (Å²) in [6.07, 6.45) is 0.269. The van der Waals surface area contributed by atoms with Gasteiger partial charge in [0, 0.05) is 30.3 Å². The first-order chi connectivity index (χ1) is 12.4. The number of Topliss-reactive ketones (excluding diaryl/α,β-unsaturated/α-hetero) is 1. The first kappa shape index (κ1) is 16.6. The fraction of sp³-hybridized carbons (Fsp3) is 0.222. The van der Waals surface area contributed by atoms with Crippen molar-refractivity contribution in [2.24, 2.45) is 0 Å². The van der Waals surface area contributed by atoms with Gasteiger partial charge in [-0.1, -0.05) is 0 Å². The largest absolute Gasteiger partial charge is 0.497 e. The van der Waals surface area contributed by atoms with Crippen LogP contribution in [-0.4, -0.2) is 33.8 Å². The molecule has 0 unspecified atom stereocenters. The molecule has 4 rings (SSSR count). The number of benzene rings is 2. The average Bonchev–Trinajstić information content (AvgIpc) is 3.00. The second kappa shape index (κ2) is 5.84. The second-order valence-corrected chi connectivity index (χ2v) is 8.04. The van der Waals surface area contributed by atoms with Crippen LogP contribution in [0.5, 0.6) is 5.75 Å². The Morgan fingerprint density at radius 3 is 2.69 bits per heavy atom. The molecule has 0 atom stereocenters. The summed E-state index contributed by atoms with van der Waals surface area (Å²) in [6.45, 7) is 0.0651. The van der Waals surface area contributed by atoms with Crippen LogP contribution in [0.25, 0.3) is 0 Å². The topological polar surface area (TPSA) is 92.8 Å². The number of rotatable bonds is 3. The Morgan fingerprint density at radius 2 is 1.92 bits per heavy atom. The summed E-state index contributed by atoms with van der Waals surface area (Å²) in [5, 5.41) is 2.68. The van der Waals surface area contributed by atoms with Gasteiger partial charge in [-0.2, -0.15) is 0 Å². The highest BCUT2D eigenvalue weighted by Crippen LogP contribution is 2.36. The van der Waals surface area contributed by atoms with Gasteiger partial charge in [-0.25, -0.2) is 8.42 Å². The Bertz CT molecular complexity index is 1050. The molecule has 134 valence electrons. The van der Waals surface area contributed by atoms with Gasteiger partial charge in [-0.3, -0.25) is 13.9 Å². The summed E-state index contributed by atoms with van der Waals surface area (Å²) < 4.78 is 32.8. The van der Waals surface area contributed by atoms with Crippen LogP contribution in [0.2, 0.25) is 0 Å². The molecule has 0 radical (unpaired) electrons. The molecule has 1 N–H and O–H groups in total. The summed E-state index contributed by atoms with van der Waals surface area (Å²) in [4.78, 5) is 23.8. The zero-order valence-corrected chi connectivity index (χ0v) is 14.8. The highest BCUT2D eigenvalue weighted by atomic mass is 32.2. The van der Waals surface area contributed by atoms with Crippen molar-refractivity contribution in [2.45, 2.75) is 17.7 Å². The van der Waals surface area contributed by atoms with Crippen LogP contribution in [0.1, 0.15) is 22.3 Å². The van der Waals surface area contributed by atoms with E-state index in [0.717, 1.165) is 0 Å². The molecule has 0 aliphatic carbocycles. The predicted octanol–water partition coefficient (Wildman–Crippen LogP) is 1.97. The number of methoxy groups -OCH3 is 1. The summed E-state index contributed by atoms with van der Waals surface area (Å²) in [6, 6.07) is 9.36. The standard InChI is InChI=1S/C18H16N2O5S/c1-25-12-2-4-14-16(10-12)20(7-6-17(14)21)26(23,24)13-3-5-15-11(8-13)9-18(22)19-15/h2-5,8,10H,6-7,9H2,1H3,(H,19,22). The van der Waals surface area contributed by atoms with E-state index in [1.807, 2.05) is 0 Å². The first-order valence-electron chi connectivity index (χ1n) is 8.07. The molecule has 2 aliphatic heterocycles. The van der Waals surface area contributed by atoms with Crippen LogP contribution < -0.4 is 14.4 Å². The smallest absolute Gasteiger partial charge is 0.264 e. The summed E-state index contributed by atoms with van der Waals surface area (Å²) in [5.74, 6) is 0.216. The van der Waals surface area contributed by atoms with Crippen LogP contribution in [-0.2, 0) is 21.2 Å². The molecule has 8 heteroatoms. The molecular formula is C18H16N2O5S. The average molecular weight is 372 g/mol. The van der Waals surface area contributed by atoms with Gasteiger partial charge in [0.05, 0.1) is 24.1 Å². The fourth-order valence-electron chi connectivity index (χ4n) is 3.28. The van der Waals surface area contributed by atoms with E-state index < -0.39 is 10.0 Å². The quantitative estimate of drug-likeness (QED) is 0.889. The van der Waals surface area contributed by atoms with Gasteiger partial charge in [0.2, 0.25) is 5.91 Å². The van der Waals surface area contributed by atoms with Gasteiger partial charge in [-0.15, -0.1) is 0 Å². The first-order valence-corrected chi connectivity index (χ1v) is 9.51. The molecule has 0 spiro atoms. The van der Waals surface area contributed by atoms with E-state index in [2.05, 4.69) is 5.32 Å². The van der Waals surface area contributed by atoms with Crippen LogP contribution in [0.3, 0.4) is 0 Å². The second-order valence-electron chi connectivity index (χ2n) is 6.18. The summed E-state index contributed by atoms with van der Waals surface area (Å²) >= 11 is 0. The van der Waals surface area contributed by atoms with Crippen molar-refractivity contribution in [3.05, 3.63) is 47.5 Å². The molecule has 2 heterocycles. The maximum Gasteiger partial charge on any atom is 0.264 e. The number of anilines is 2. The van der Waals surface area contributed by atoms with Gasteiger partial charge in [-0.05, 0) is 35.9 Å². The van der Waals surface area contributed by atoms with E-state index in [9.17, 15) is 18.0 Å². The summed E-state index contributed by atoms with van der Waals surface area (Å²) in [5.41, 5.74) is 1.95. The van der Waals surface area contributed by atoms with Gasteiger partial charge < -0.3 is 10.1 Å². The number of carbonyl (C=O) groups is 2. The number of fused-ring (bicyclic) bond motifs is 2. The highest BCUT2D eigenvalue weighted by molar-refractivity contribution is 7.92.